The maximum Gasteiger partial charge on any atom is 0.0888 e. The van der Waals surface area contributed by atoms with E-state index in [1.807, 2.05) is 11.3 Å². The zero-order chi connectivity index (χ0) is 12.0. The van der Waals surface area contributed by atoms with Crippen LogP contribution >= 0.6 is 11.3 Å². The van der Waals surface area contributed by atoms with Crippen LogP contribution in [0.25, 0.3) is 20.3 Å². The Kier molecular flexibility index (Phi) is 2.35. The molecule has 0 aliphatic heterocycles. The molecule has 3 rings (SSSR count). The van der Waals surface area contributed by atoms with Gasteiger partial charge in [0.15, 0.2) is 0 Å². The summed E-state index contributed by atoms with van der Waals surface area (Å²) >= 11 is 1.85. The van der Waals surface area contributed by atoms with E-state index in [-0.39, 0.29) is 0 Å². The number of fused-ring (bicyclic) bond motifs is 3. The van der Waals surface area contributed by atoms with E-state index in [1.54, 1.807) is 0 Å². The first kappa shape index (κ1) is 10.9. The summed E-state index contributed by atoms with van der Waals surface area (Å²) in [4.78, 5) is 4.68. The number of thiophene rings is 1. The maximum absolute atomic E-state index is 4.68. The van der Waals surface area contributed by atoms with Crippen molar-refractivity contribution in [2.24, 2.45) is 0 Å². The Bertz CT molecular complexity index is 694. The van der Waals surface area contributed by atoms with Gasteiger partial charge in [0, 0.05) is 16.3 Å². The molecular formula is C14H15NSSi. The molecule has 0 bridgehead atoms. The van der Waals surface area contributed by atoms with Crippen molar-refractivity contribution in [2.75, 3.05) is 0 Å². The van der Waals surface area contributed by atoms with Gasteiger partial charge in [-0.05, 0) is 17.3 Å². The van der Waals surface area contributed by atoms with Crippen LogP contribution in [0.5, 0.6) is 0 Å². The van der Waals surface area contributed by atoms with E-state index in [0.29, 0.717) is 0 Å². The lowest BCUT2D eigenvalue weighted by molar-refractivity contribution is 1.45. The highest BCUT2D eigenvalue weighted by Crippen LogP contribution is 2.31. The molecule has 3 aromatic rings. The van der Waals surface area contributed by atoms with E-state index in [9.17, 15) is 0 Å². The topological polar surface area (TPSA) is 12.9 Å². The van der Waals surface area contributed by atoms with E-state index < -0.39 is 8.07 Å². The monoisotopic (exact) mass is 257 g/mol. The summed E-state index contributed by atoms with van der Waals surface area (Å²) in [5, 5.41) is 2.73. The molecule has 3 heteroatoms. The fourth-order valence-corrected chi connectivity index (χ4v) is 4.24. The van der Waals surface area contributed by atoms with Crippen LogP contribution in [-0.4, -0.2) is 13.1 Å². The summed E-state index contributed by atoms with van der Waals surface area (Å²) in [7, 11) is -1.26. The standard InChI is InChI=1S/C14H15NSSi/c1-17(2,3)10-8-13-14(15-9-10)11-6-4-5-7-12(11)16-13/h4-9H,1-3H3. The summed E-state index contributed by atoms with van der Waals surface area (Å²) < 4.78 is 2.66. The second-order valence-electron chi connectivity index (χ2n) is 5.42. The predicted molar refractivity (Wildman–Crippen MR) is 80.1 cm³/mol. The van der Waals surface area contributed by atoms with Crippen molar-refractivity contribution in [1.29, 1.82) is 0 Å². The van der Waals surface area contributed by atoms with Crippen LogP contribution in [0.15, 0.2) is 36.5 Å². The van der Waals surface area contributed by atoms with Crippen molar-refractivity contribution in [2.45, 2.75) is 19.6 Å². The van der Waals surface area contributed by atoms with E-state index in [0.717, 1.165) is 5.52 Å². The van der Waals surface area contributed by atoms with Gasteiger partial charge in [0.05, 0.1) is 18.3 Å². The molecule has 17 heavy (non-hydrogen) atoms. The van der Waals surface area contributed by atoms with Crippen LogP contribution in [0.2, 0.25) is 19.6 Å². The van der Waals surface area contributed by atoms with E-state index in [2.05, 4.69) is 61.2 Å². The molecule has 0 unspecified atom stereocenters. The minimum Gasteiger partial charge on any atom is -0.255 e. The Morgan fingerprint density at radius 3 is 2.59 bits per heavy atom. The molecule has 0 N–H and O–H groups in total. The first-order valence-electron chi connectivity index (χ1n) is 5.83. The zero-order valence-corrected chi connectivity index (χ0v) is 12.1. The SMILES string of the molecule is C[Si](C)(C)c1cnc2c(c1)sc1ccccc12. The van der Waals surface area contributed by atoms with Gasteiger partial charge in [-0.15, -0.1) is 11.3 Å². The number of hydrogen-bond donors (Lipinski definition) is 0. The third-order valence-electron chi connectivity index (χ3n) is 3.08. The van der Waals surface area contributed by atoms with Crippen LogP contribution in [-0.2, 0) is 0 Å². The summed E-state index contributed by atoms with van der Waals surface area (Å²) in [5.41, 5.74) is 1.16. The quantitative estimate of drug-likeness (QED) is 0.601. The van der Waals surface area contributed by atoms with E-state index >= 15 is 0 Å². The van der Waals surface area contributed by atoms with Gasteiger partial charge in [0.1, 0.15) is 0 Å². The summed E-state index contributed by atoms with van der Waals surface area (Å²) in [5.74, 6) is 0. The van der Waals surface area contributed by atoms with Crippen molar-refractivity contribution in [3.63, 3.8) is 0 Å². The van der Waals surface area contributed by atoms with Crippen LogP contribution in [0, 0.1) is 0 Å². The summed E-state index contributed by atoms with van der Waals surface area (Å²) in [6.45, 7) is 7.09. The molecule has 2 heterocycles. The highest BCUT2D eigenvalue weighted by Gasteiger charge is 2.18. The molecule has 2 aromatic heterocycles. The lowest BCUT2D eigenvalue weighted by atomic mass is 10.2. The predicted octanol–water partition coefficient (Wildman–Crippen LogP) is 3.99. The number of rotatable bonds is 1. The first-order chi connectivity index (χ1) is 8.05. The molecular weight excluding hydrogens is 242 g/mol. The minimum atomic E-state index is -1.26. The molecule has 1 aromatic carbocycles. The molecule has 0 aliphatic carbocycles. The Hall–Kier alpha value is -1.19. The Morgan fingerprint density at radius 1 is 1.06 bits per heavy atom. The largest absolute Gasteiger partial charge is 0.255 e. The first-order valence-corrected chi connectivity index (χ1v) is 10.1. The molecule has 0 saturated heterocycles. The number of aromatic nitrogens is 1. The van der Waals surface area contributed by atoms with Crippen LogP contribution < -0.4 is 5.19 Å². The second kappa shape index (κ2) is 3.65. The van der Waals surface area contributed by atoms with Crippen LogP contribution in [0.1, 0.15) is 0 Å². The Labute approximate surface area is 106 Å². The smallest absolute Gasteiger partial charge is 0.0888 e. The van der Waals surface area contributed by atoms with Gasteiger partial charge < -0.3 is 0 Å². The lowest BCUT2D eigenvalue weighted by Gasteiger charge is -2.15. The molecule has 0 saturated carbocycles. The molecule has 86 valence electrons. The Morgan fingerprint density at radius 2 is 1.82 bits per heavy atom. The summed E-state index contributed by atoms with van der Waals surface area (Å²) in [6, 6.07) is 10.9. The minimum absolute atomic E-state index is 1.16. The number of pyridine rings is 1. The third-order valence-corrected chi connectivity index (χ3v) is 6.19. The highest BCUT2D eigenvalue weighted by atomic mass is 32.1. The second-order valence-corrected chi connectivity index (χ2v) is 11.6. The van der Waals surface area contributed by atoms with Gasteiger partial charge in [-0.3, -0.25) is 4.98 Å². The summed E-state index contributed by atoms with van der Waals surface area (Å²) in [6.07, 6.45) is 2.08. The normalized spacial score (nSPS) is 12.4. The number of nitrogens with zero attached hydrogens (tertiary/aromatic N) is 1. The van der Waals surface area contributed by atoms with Gasteiger partial charge in [-0.2, -0.15) is 0 Å². The highest BCUT2D eigenvalue weighted by molar-refractivity contribution is 7.25. The van der Waals surface area contributed by atoms with E-state index in [4.69, 9.17) is 0 Å². The molecule has 0 amide bonds. The van der Waals surface area contributed by atoms with Crippen molar-refractivity contribution in [1.82, 2.24) is 4.98 Å². The van der Waals surface area contributed by atoms with Gasteiger partial charge >= 0.3 is 0 Å². The lowest BCUT2D eigenvalue weighted by Crippen LogP contribution is -2.37. The zero-order valence-electron chi connectivity index (χ0n) is 10.3. The van der Waals surface area contributed by atoms with Gasteiger partial charge in [-0.25, -0.2) is 0 Å². The fraction of sp³-hybridized carbons (Fsp3) is 0.214. The molecule has 0 atom stereocenters. The van der Waals surface area contributed by atoms with Crippen molar-refractivity contribution in [3.05, 3.63) is 36.5 Å². The molecule has 0 radical (unpaired) electrons. The van der Waals surface area contributed by atoms with Gasteiger partial charge in [-0.1, -0.05) is 37.8 Å². The molecule has 0 spiro atoms. The Balaban J connectivity index is 2.34. The molecule has 0 aliphatic rings. The van der Waals surface area contributed by atoms with Crippen LogP contribution in [0.3, 0.4) is 0 Å². The van der Waals surface area contributed by atoms with Crippen LogP contribution in [0.4, 0.5) is 0 Å². The van der Waals surface area contributed by atoms with Gasteiger partial charge in [0.2, 0.25) is 0 Å². The van der Waals surface area contributed by atoms with Crippen molar-refractivity contribution in [3.8, 4) is 0 Å². The molecule has 0 fully saturated rings. The molecule has 1 nitrogen and oxygen atoms in total. The van der Waals surface area contributed by atoms with E-state index in [1.165, 1.54) is 20.0 Å². The fourth-order valence-electron chi connectivity index (χ4n) is 2.00. The van der Waals surface area contributed by atoms with Crippen molar-refractivity contribution >= 4 is 44.9 Å². The number of hydrogen-bond acceptors (Lipinski definition) is 2. The average molecular weight is 257 g/mol. The van der Waals surface area contributed by atoms with Gasteiger partial charge in [0.25, 0.3) is 0 Å². The maximum atomic E-state index is 4.68. The number of benzene rings is 1. The third kappa shape index (κ3) is 1.79. The average Bonchev–Trinajstić information content (AvgIpc) is 2.65. The van der Waals surface area contributed by atoms with Crippen molar-refractivity contribution < 1.29 is 0 Å².